The standard InChI is InChI=1S/C15H18BrNO2/c16-12-8-5-11(6-9-12)7-10-15(19)17-13-3-1-2-4-14(13)18/h5-10,13-14,18H,1-4H2,(H,17,19)/b10-7+/t13-,14-/m0/s1. The summed E-state index contributed by atoms with van der Waals surface area (Å²) >= 11 is 3.37. The SMILES string of the molecule is O=C(/C=C/c1ccc(Br)cc1)N[C@H]1CCCC[C@@H]1O. The van der Waals surface area contributed by atoms with Crippen LogP contribution in [0, 0.1) is 0 Å². The van der Waals surface area contributed by atoms with Crippen LogP contribution in [-0.4, -0.2) is 23.2 Å². The molecule has 2 atom stereocenters. The Labute approximate surface area is 121 Å². The maximum atomic E-state index is 11.8. The third-order valence-corrected chi connectivity index (χ3v) is 3.88. The van der Waals surface area contributed by atoms with E-state index in [1.807, 2.05) is 24.3 Å². The molecule has 1 aliphatic carbocycles. The third kappa shape index (κ3) is 4.48. The van der Waals surface area contributed by atoms with Crippen LogP contribution in [0.5, 0.6) is 0 Å². The van der Waals surface area contributed by atoms with Gasteiger partial charge in [0.1, 0.15) is 0 Å². The minimum Gasteiger partial charge on any atom is -0.391 e. The Bertz CT molecular complexity index is 456. The average molecular weight is 324 g/mol. The summed E-state index contributed by atoms with van der Waals surface area (Å²) < 4.78 is 1.01. The van der Waals surface area contributed by atoms with Gasteiger partial charge in [0.2, 0.25) is 5.91 Å². The summed E-state index contributed by atoms with van der Waals surface area (Å²) in [6.45, 7) is 0. The first-order valence-corrected chi connectivity index (χ1v) is 7.36. The Morgan fingerprint density at radius 3 is 2.63 bits per heavy atom. The molecule has 1 fully saturated rings. The van der Waals surface area contributed by atoms with Gasteiger partial charge in [-0.05, 0) is 36.6 Å². The first-order chi connectivity index (χ1) is 9.15. The summed E-state index contributed by atoms with van der Waals surface area (Å²) in [6.07, 6.45) is 6.64. The minimum absolute atomic E-state index is 0.101. The first kappa shape index (κ1) is 14.3. The fourth-order valence-electron chi connectivity index (χ4n) is 2.26. The van der Waals surface area contributed by atoms with Crippen LogP contribution >= 0.6 is 15.9 Å². The van der Waals surface area contributed by atoms with Crippen LogP contribution in [0.3, 0.4) is 0 Å². The zero-order chi connectivity index (χ0) is 13.7. The van der Waals surface area contributed by atoms with E-state index in [9.17, 15) is 9.90 Å². The number of carbonyl (C=O) groups is 1. The van der Waals surface area contributed by atoms with Gasteiger partial charge in [-0.3, -0.25) is 4.79 Å². The highest BCUT2D eigenvalue weighted by atomic mass is 79.9. The zero-order valence-corrected chi connectivity index (χ0v) is 12.3. The monoisotopic (exact) mass is 323 g/mol. The number of aliphatic hydroxyl groups excluding tert-OH is 1. The molecule has 1 aliphatic rings. The Hall–Kier alpha value is -1.13. The molecule has 0 aromatic heterocycles. The van der Waals surface area contributed by atoms with E-state index in [1.54, 1.807) is 6.08 Å². The highest BCUT2D eigenvalue weighted by molar-refractivity contribution is 9.10. The van der Waals surface area contributed by atoms with Crippen LogP contribution in [-0.2, 0) is 4.79 Å². The second-order valence-corrected chi connectivity index (χ2v) is 5.77. The van der Waals surface area contributed by atoms with E-state index >= 15 is 0 Å². The molecule has 1 aromatic carbocycles. The van der Waals surface area contributed by atoms with Crippen molar-refractivity contribution in [1.29, 1.82) is 0 Å². The van der Waals surface area contributed by atoms with Crippen molar-refractivity contribution < 1.29 is 9.90 Å². The van der Waals surface area contributed by atoms with E-state index in [0.717, 1.165) is 35.7 Å². The second kappa shape index (κ2) is 6.87. The van der Waals surface area contributed by atoms with Gasteiger partial charge in [0.15, 0.2) is 0 Å². The summed E-state index contributed by atoms with van der Waals surface area (Å²) in [5, 5.41) is 12.7. The average Bonchev–Trinajstić information content (AvgIpc) is 2.41. The number of rotatable bonds is 3. The lowest BCUT2D eigenvalue weighted by atomic mass is 9.92. The molecular formula is C15H18BrNO2. The number of amides is 1. The first-order valence-electron chi connectivity index (χ1n) is 6.57. The molecule has 0 spiro atoms. The molecule has 4 heteroatoms. The van der Waals surface area contributed by atoms with Crippen molar-refractivity contribution in [3.63, 3.8) is 0 Å². The number of hydrogen-bond donors (Lipinski definition) is 2. The van der Waals surface area contributed by atoms with Gasteiger partial charge >= 0.3 is 0 Å². The highest BCUT2D eigenvalue weighted by Crippen LogP contribution is 2.18. The van der Waals surface area contributed by atoms with Gasteiger partial charge in [0.05, 0.1) is 12.1 Å². The molecule has 0 heterocycles. The van der Waals surface area contributed by atoms with Gasteiger partial charge in [-0.1, -0.05) is 40.9 Å². The number of benzene rings is 1. The van der Waals surface area contributed by atoms with Gasteiger partial charge in [-0.15, -0.1) is 0 Å². The molecule has 0 unspecified atom stereocenters. The molecule has 2 rings (SSSR count). The number of halogens is 1. The Morgan fingerprint density at radius 2 is 1.95 bits per heavy atom. The van der Waals surface area contributed by atoms with E-state index in [2.05, 4.69) is 21.2 Å². The lowest BCUT2D eigenvalue weighted by Crippen LogP contribution is -2.44. The van der Waals surface area contributed by atoms with Crippen LogP contribution in [0.1, 0.15) is 31.2 Å². The van der Waals surface area contributed by atoms with Crippen molar-refractivity contribution in [2.45, 2.75) is 37.8 Å². The van der Waals surface area contributed by atoms with Crippen LogP contribution in [0.25, 0.3) is 6.08 Å². The minimum atomic E-state index is -0.404. The largest absolute Gasteiger partial charge is 0.391 e. The van der Waals surface area contributed by atoms with Crippen molar-refractivity contribution in [3.05, 3.63) is 40.4 Å². The summed E-state index contributed by atoms with van der Waals surface area (Å²) in [6, 6.07) is 7.63. The molecule has 1 aromatic rings. The molecule has 1 amide bonds. The quantitative estimate of drug-likeness (QED) is 0.840. The van der Waals surface area contributed by atoms with Crippen molar-refractivity contribution >= 4 is 27.9 Å². The molecule has 0 radical (unpaired) electrons. The molecule has 3 nitrogen and oxygen atoms in total. The van der Waals surface area contributed by atoms with Gasteiger partial charge in [0, 0.05) is 10.5 Å². The Kier molecular flexibility index (Phi) is 5.16. The Balaban J connectivity index is 1.88. The van der Waals surface area contributed by atoms with Gasteiger partial charge in [0.25, 0.3) is 0 Å². The van der Waals surface area contributed by atoms with Crippen molar-refractivity contribution in [2.24, 2.45) is 0 Å². The zero-order valence-electron chi connectivity index (χ0n) is 10.7. The lowest BCUT2D eigenvalue weighted by molar-refractivity contribution is -0.118. The van der Waals surface area contributed by atoms with E-state index in [-0.39, 0.29) is 11.9 Å². The molecule has 0 aliphatic heterocycles. The van der Waals surface area contributed by atoms with Crippen LogP contribution in [0.15, 0.2) is 34.8 Å². The van der Waals surface area contributed by atoms with E-state index in [4.69, 9.17) is 0 Å². The summed E-state index contributed by atoms with van der Waals surface area (Å²) in [4.78, 5) is 11.8. The number of hydrogen-bond acceptors (Lipinski definition) is 2. The molecule has 0 saturated heterocycles. The van der Waals surface area contributed by atoms with Crippen LogP contribution in [0.4, 0.5) is 0 Å². The third-order valence-electron chi connectivity index (χ3n) is 3.35. The molecule has 102 valence electrons. The lowest BCUT2D eigenvalue weighted by Gasteiger charge is -2.27. The summed E-state index contributed by atoms with van der Waals surface area (Å²) in [7, 11) is 0. The predicted octanol–water partition coefficient (Wildman–Crippen LogP) is 2.88. The predicted molar refractivity (Wildman–Crippen MR) is 79.6 cm³/mol. The smallest absolute Gasteiger partial charge is 0.244 e. The van der Waals surface area contributed by atoms with Crippen LogP contribution in [0.2, 0.25) is 0 Å². The van der Waals surface area contributed by atoms with Crippen molar-refractivity contribution in [1.82, 2.24) is 5.32 Å². The summed E-state index contributed by atoms with van der Waals surface area (Å²) in [5.74, 6) is -0.145. The highest BCUT2D eigenvalue weighted by Gasteiger charge is 2.23. The summed E-state index contributed by atoms with van der Waals surface area (Å²) in [5.41, 5.74) is 0.975. The number of carbonyl (C=O) groups excluding carboxylic acids is 1. The van der Waals surface area contributed by atoms with Gasteiger partial charge < -0.3 is 10.4 Å². The fourth-order valence-corrected chi connectivity index (χ4v) is 2.52. The van der Waals surface area contributed by atoms with Gasteiger partial charge in [-0.25, -0.2) is 0 Å². The van der Waals surface area contributed by atoms with E-state index < -0.39 is 6.10 Å². The molecular weight excluding hydrogens is 306 g/mol. The van der Waals surface area contributed by atoms with E-state index in [0.29, 0.717) is 0 Å². The normalized spacial score (nSPS) is 23.5. The van der Waals surface area contributed by atoms with Crippen molar-refractivity contribution in [3.8, 4) is 0 Å². The maximum absolute atomic E-state index is 11.8. The Morgan fingerprint density at radius 1 is 1.26 bits per heavy atom. The van der Waals surface area contributed by atoms with Gasteiger partial charge in [-0.2, -0.15) is 0 Å². The van der Waals surface area contributed by atoms with Crippen LogP contribution < -0.4 is 5.32 Å². The molecule has 19 heavy (non-hydrogen) atoms. The molecule has 1 saturated carbocycles. The molecule has 0 bridgehead atoms. The maximum Gasteiger partial charge on any atom is 0.244 e. The second-order valence-electron chi connectivity index (χ2n) is 4.85. The molecule has 2 N–H and O–H groups in total. The topological polar surface area (TPSA) is 49.3 Å². The van der Waals surface area contributed by atoms with Crippen molar-refractivity contribution in [2.75, 3.05) is 0 Å². The number of nitrogens with one attached hydrogen (secondary N) is 1. The van der Waals surface area contributed by atoms with E-state index in [1.165, 1.54) is 6.08 Å². The number of aliphatic hydroxyl groups is 1. The fraction of sp³-hybridized carbons (Fsp3) is 0.400.